The Morgan fingerprint density at radius 3 is 2.64 bits per heavy atom. The van der Waals surface area contributed by atoms with Crippen molar-refractivity contribution >= 4 is 11.8 Å². The number of aryl methyl sites for hydroxylation is 1. The van der Waals surface area contributed by atoms with Crippen LogP contribution in [0.25, 0.3) is 5.32 Å². The number of benzene rings is 2. The Morgan fingerprint density at radius 2 is 2.00 bits per heavy atom. The number of nitrogens with zero attached hydrogens (tertiary/aromatic N) is 2. The first kappa shape index (κ1) is 21.1. The van der Waals surface area contributed by atoms with Crippen molar-refractivity contribution in [3.63, 3.8) is 0 Å². The van der Waals surface area contributed by atoms with Gasteiger partial charge in [-0.05, 0) is 30.5 Å². The molecule has 2 amide bonds. The molecule has 6 heteroatoms. The van der Waals surface area contributed by atoms with Gasteiger partial charge in [0.1, 0.15) is 5.75 Å². The van der Waals surface area contributed by atoms with Crippen LogP contribution in [0, 0.1) is 13.0 Å². The third kappa shape index (κ3) is 5.81. The zero-order chi connectivity index (χ0) is 17.5. The monoisotopic (exact) mass is 369 g/mol. The minimum absolute atomic E-state index is 0. The molecule has 0 saturated carbocycles. The topological polar surface area (TPSA) is 60.7 Å². The minimum atomic E-state index is -0.325. The molecule has 2 aromatic rings. The van der Waals surface area contributed by atoms with Crippen molar-refractivity contribution in [2.75, 3.05) is 27.2 Å². The fourth-order valence-corrected chi connectivity index (χ4v) is 2.18. The van der Waals surface area contributed by atoms with E-state index in [-0.39, 0.29) is 44.2 Å². The standard InChI is InChI=1S/C19H21N2O3.Sc/c1-14-9-10-16(24-3)13-17(14)19(23)21(2)12-11-20-18(22)15-7-5-4-6-8-15;/h4-7,9-10,13H,11-12H2,1-3H3,(H,20,22);/q-1;/p-1. The molecule has 5 nitrogen and oxygen atoms in total. The number of likely N-dealkylation sites (N-methyl/N-ethyl adjacent to an activating group) is 1. The first-order valence-corrected chi connectivity index (χ1v) is 7.61. The predicted octanol–water partition coefficient (Wildman–Crippen LogP) is 3.09. The molecule has 0 aliphatic heterocycles. The second-order valence-corrected chi connectivity index (χ2v) is 5.37. The molecular weight excluding hydrogens is 349 g/mol. The average molecular weight is 369 g/mol. The molecule has 2 rings (SSSR count). The van der Waals surface area contributed by atoms with Gasteiger partial charge in [-0.1, -0.05) is 6.07 Å². The Labute approximate surface area is 167 Å². The number of hydrogen-bond donors (Lipinski definition) is 0. The molecule has 0 unspecified atom stereocenters. The Kier molecular flexibility index (Phi) is 8.55. The maximum atomic E-state index is 12.5. The van der Waals surface area contributed by atoms with Gasteiger partial charge in [0.15, 0.2) is 0 Å². The van der Waals surface area contributed by atoms with Gasteiger partial charge < -0.3 is 19.7 Å². The molecular formula is C19H20N2O3Sc-2. The van der Waals surface area contributed by atoms with Gasteiger partial charge >= 0.3 is 0 Å². The van der Waals surface area contributed by atoms with Crippen molar-refractivity contribution in [1.82, 2.24) is 4.90 Å². The fourth-order valence-electron chi connectivity index (χ4n) is 2.18. The van der Waals surface area contributed by atoms with Crippen LogP contribution in [0.1, 0.15) is 26.3 Å². The zero-order valence-corrected chi connectivity index (χ0v) is 16.5. The van der Waals surface area contributed by atoms with Crippen molar-refractivity contribution in [3.05, 3.63) is 70.5 Å². The Balaban J connectivity index is 0.00000312. The van der Waals surface area contributed by atoms with Crippen LogP contribution in [0.4, 0.5) is 0 Å². The third-order valence-corrected chi connectivity index (χ3v) is 3.65. The smallest absolute Gasteiger partial charge is 0.253 e. The molecule has 129 valence electrons. The van der Waals surface area contributed by atoms with Gasteiger partial charge in [0.2, 0.25) is 0 Å². The summed E-state index contributed by atoms with van der Waals surface area (Å²) in [6.07, 6.45) is 0. The second kappa shape index (κ2) is 10.1. The van der Waals surface area contributed by atoms with Crippen molar-refractivity contribution in [2.24, 2.45) is 0 Å². The van der Waals surface area contributed by atoms with Crippen molar-refractivity contribution in [2.45, 2.75) is 6.92 Å². The van der Waals surface area contributed by atoms with Gasteiger partial charge in [-0.25, -0.2) is 0 Å². The van der Waals surface area contributed by atoms with E-state index < -0.39 is 0 Å². The molecule has 1 radical (unpaired) electrons. The summed E-state index contributed by atoms with van der Waals surface area (Å²) in [4.78, 5) is 26.0. The number of methoxy groups -OCH3 is 1. The van der Waals surface area contributed by atoms with Crippen LogP contribution < -0.4 is 4.74 Å². The SMILES string of the molecule is COc1ccc(C)c(C(=O)N(C)CC[N-]C(=O)c2[c-]cccc2)c1.[Sc]. The molecule has 2 aromatic carbocycles. The number of hydrogen-bond acceptors (Lipinski definition) is 3. The van der Waals surface area contributed by atoms with E-state index in [4.69, 9.17) is 4.74 Å². The molecule has 0 atom stereocenters. The number of carbonyl (C=O) groups is 2. The van der Waals surface area contributed by atoms with E-state index in [1.54, 1.807) is 49.4 Å². The summed E-state index contributed by atoms with van der Waals surface area (Å²) in [5.74, 6) is 0.186. The Hall–Kier alpha value is -1.95. The molecule has 0 saturated heterocycles. The Morgan fingerprint density at radius 1 is 1.24 bits per heavy atom. The fraction of sp³-hybridized carbons (Fsp3) is 0.263. The average Bonchev–Trinajstić information content (AvgIpc) is 2.62. The van der Waals surface area contributed by atoms with E-state index in [0.717, 1.165) is 5.56 Å². The van der Waals surface area contributed by atoms with Gasteiger partial charge in [0, 0.05) is 45.0 Å². The molecule has 0 aliphatic carbocycles. The van der Waals surface area contributed by atoms with E-state index in [0.29, 0.717) is 23.4 Å². The Bertz CT molecular complexity index is 720. The van der Waals surface area contributed by atoms with Crippen LogP contribution in [0.15, 0.2) is 42.5 Å². The van der Waals surface area contributed by atoms with Crippen LogP contribution in [0.5, 0.6) is 5.75 Å². The number of ether oxygens (including phenoxy) is 1. The molecule has 0 fully saturated rings. The van der Waals surface area contributed by atoms with Gasteiger partial charge in [-0.15, -0.1) is 42.4 Å². The van der Waals surface area contributed by atoms with Gasteiger partial charge in [-0.2, -0.15) is 0 Å². The van der Waals surface area contributed by atoms with E-state index in [1.807, 2.05) is 19.1 Å². The van der Waals surface area contributed by atoms with Crippen LogP contribution in [-0.2, 0) is 25.8 Å². The minimum Gasteiger partial charge on any atom is -0.693 e. The maximum Gasteiger partial charge on any atom is 0.253 e. The van der Waals surface area contributed by atoms with Crippen molar-refractivity contribution in [3.8, 4) is 5.75 Å². The second-order valence-electron chi connectivity index (χ2n) is 5.37. The summed E-state index contributed by atoms with van der Waals surface area (Å²) >= 11 is 0. The largest absolute Gasteiger partial charge is 0.693 e. The molecule has 0 aromatic heterocycles. The van der Waals surface area contributed by atoms with Crippen LogP contribution >= 0.6 is 0 Å². The summed E-state index contributed by atoms with van der Waals surface area (Å²) in [6, 6.07) is 15.1. The van der Waals surface area contributed by atoms with E-state index in [1.165, 1.54) is 0 Å². The molecule has 0 spiro atoms. The van der Waals surface area contributed by atoms with E-state index >= 15 is 0 Å². The van der Waals surface area contributed by atoms with Crippen LogP contribution in [0.2, 0.25) is 0 Å². The van der Waals surface area contributed by atoms with Crippen molar-refractivity contribution < 1.29 is 40.2 Å². The summed E-state index contributed by atoms with van der Waals surface area (Å²) in [7, 11) is 3.25. The van der Waals surface area contributed by atoms with Gasteiger partial charge in [0.25, 0.3) is 5.91 Å². The normalized spacial score (nSPS) is 9.72. The summed E-state index contributed by atoms with van der Waals surface area (Å²) < 4.78 is 5.16. The molecule has 25 heavy (non-hydrogen) atoms. The van der Waals surface area contributed by atoms with Crippen molar-refractivity contribution in [1.29, 1.82) is 0 Å². The quantitative estimate of drug-likeness (QED) is 0.735. The zero-order valence-electron chi connectivity index (χ0n) is 14.7. The van der Waals surface area contributed by atoms with Crippen LogP contribution in [0.3, 0.4) is 0 Å². The first-order valence-electron chi connectivity index (χ1n) is 7.61. The summed E-state index contributed by atoms with van der Waals surface area (Å²) in [6.45, 7) is 2.47. The van der Waals surface area contributed by atoms with E-state index in [9.17, 15) is 9.59 Å². The van der Waals surface area contributed by atoms with E-state index in [2.05, 4.69) is 11.4 Å². The predicted molar refractivity (Wildman–Crippen MR) is 92.5 cm³/mol. The third-order valence-electron chi connectivity index (χ3n) is 3.65. The number of amides is 2. The maximum absolute atomic E-state index is 12.5. The summed E-state index contributed by atoms with van der Waals surface area (Å²) in [5.41, 5.74) is 1.88. The number of carbonyl (C=O) groups excluding carboxylic acids is 2. The van der Waals surface area contributed by atoms with Gasteiger partial charge in [-0.3, -0.25) is 4.79 Å². The molecule has 0 bridgehead atoms. The molecule has 0 heterocycles. The van der Waals surface area contributed by atoms with Gasteiger partial charge in [0.05, 0.1) is 7.11 Å². The summed E-state index contributed by atoms with van der Waals surface area (Å²) in [5, 5.41) is 3.98. The first-order chi connectivity index (χ1) is 11.5. The molecule has 0 aliphatic rings. The van der Waals surface area contributed by atoms with Crippen LogP contribution in [-0.4, -0.2) is 44.0 Å². The molecule has 0 N–H and O–H groups in total. The number of rotatable bonds is 6.